The van der Waals surface area contributed by atoms with E-state index in [9.17, 15) is 14.4 Å². The highest BCUT2D eigenvalue weighted by Crippen LogP contribution is 1.98. The Morgan fingerprint density at radius 3 is 2.57 bits per heavy atom. The molecular formula is C8H13N3O3. The number of hydrogen-bond acceptors (Lipinski definition) is 3. The van der Waals surface area contributed by atoms with Crippen LogP contribution in [0.25, 0.3) is 0 Å². The molecule has 6 nitrogen and oxygen atoms in total. The summed E-state index contributed by atoms with van der Waals surface area (Å²) in [5.74, 6) is -0.698. The SMILES string of the molecule is CC(C)NC(=O)CC1NC(=O)NC1=O. The molecule has 0 spiro atoms. The third-order valence-corrected chi connectivity index (χ3v) is 1.70. The van der Waals surface area contributed by atoms with E-state index >= 15 is 0 Å². The lowest BCUT2D eigenvalue weighted by Gasteiger charge is -2.10. The highest BCUT2D eigenvalue weighted by Gasteiger charge is 2.31. The molecular weight excluding hydrogens is 186 g/mol. The van der Waals surface area contributed by atoms with Gasteiger partial charge in [-0.15, -0.1) is 0 Å². The van der Waals surface area contributed by atoms with Gasteiger partial charge in [-0.1, -0.05) is 0 Å². The first kappa shape index (κ1) is 10.5. The van der Waals surface area contributed by atoms with Crippen LogP contribution in [-0.2, 0) is 9.59 Å². The summed E-state index contributed by atoms with van der Waals surface area (Å²) in [5.41, 5.74) is 0. The van der Waals surface area contributed by atoms with E-state index in [1.54, 1.807) is 0 Å². The maximum Gasteiger partial charge on any atom is 0.322 e. The Labute approximate surface area is 81.4 Å². The molecule has 0 aromatic heterocycles. The van der Waals surface area contributed by atoms with Crippen LogP contribution in [-0.4, -0.2) is 29.9 Å². The zero-order valence-corrected chi connectivity index (χ0v) is 8.09. The van der Waals surface area contributed by atoms with Crippen molar-refractivity contribution in [3.63, 3.8) is 0 Å². The van der Waals surface area contributed by atoms with Crippen LogP contribution in [0, 0.1) is 0 Å². The predicted octanol–water partition coefficient (Wildman–Crippen LogP) is -0.891. The second-order valence-corrected chi connectivity index (χ2v) is 3.44. The van der Waals surface area contributed by atoms with Crippen LogP contribution in [0.2, 0.25) is 0 Å². The Balaban J connectivity index is 2.41. The largest absolute Gasteiger partial charge is 0.354 e. The van der Waals surface area contributed by atoms with Gasteiger partial charge < -0.3 is 10.6 Å². The molecule has 78 valence electrons. The lowest BCUT2D eigenvalue weighted by molar-refractivity contribution is -0.126. The molecule has 1 heterocycles. The fraction of sp³-hybridized carbons (Fsp3) is 0.625. The van der Waals surface area contributed by atoms with Crippen LogP contribution >= 0.6 is 0 Å². The van der Waals surface area contributed by atoms with Gasteiger partial charge >= 0.3 is 6.03 Å². The first-order valence-corrected chi connectivity index (χ1v) is 4.39. The van der Waals surface area contributed by atoms with E-state index in [1.807, 2.05) is 13.8 Å². The van der Waals surface area contributed by atoms with E-state index in [0.717, 1.165) is 0 Å². The first-order valence-electron chi connectivity index (χ1n) is 4.39. The maximum atomic E-state index is 11.2. The van der Waals surface area contributed by atoms with Crippen molar-refractivity contribution in [2.75, 3.05) is 0 Å². The van der Waals surface area contributed by atoms with E-state index in [0.29, 0.717) is 0 Å². The van der Waals surface area contributed by atoms with E-state index in [1.165, 1.54) is 0 Å². The summed E-state index contributed by atoms with van der Waals surface area (Å²) < 4.78 is 0. The first-order chi connectivity index (χ1) is 6.49. The van der Waals surface area contributed by atoms with Crippen molar-refractivity contribution in [2.24, 2.45) is 0 Å². The third kappa shape index (κ3) is 2.72. The highest BCUT2D eigenvalue weighted by atomic mass is 16.2. The predicted molar refractivity (Wildman–Crippen MR) is 48.4 cm³/mol. The van der Waals surface area contributed by atoms with E-state index in [2.05, 4.69) is 16.0 Å². The van der Waals surface area contributed by atoms with Gasteiger partial charge in [0, 0.05) is 6.04 Å². The fourth-order valence-electron chi connectivity index (χ4n) is 1.17. The van der Waals surface area contributed by atoms with Crippen LogP contribution in [0.1, 0.15) is 20.3 Å². The molecule has 1 fully saturated rings. The standard InChI is InChI=1S/C8H13N3O3/c1-4(2)9-6(12)3-5-7(13)11-8(14)10-5/h4-5H,3H2,1-2H3,(H,9,12)(H2,10,11,13,14). The summed E-state index contributed by atoms with van der Waals surface area (Å²) in [6.07, 6.45) is -0.0181. The van der Waals surface area contributed by atoms with Gasteiger partial charge in [-0.3, -0.25) is 14.9 Å². The average Bonchev–Trinajstić information content (AvgIpc) is 2.28. The van der Waals surface area contributed by atoms with E-state index in [4.69, 9.17) is 0 Å². The topological polar surface area (TPSA) is 87.3 Å². The number of carbonyl (C=O) groups excluding carboxylic acids is 3. The maximum absolute atomic E-state index is 11.2. The fourth-order valence-corrected chi connectivity index (χ4v) is 1.17. The number of rotatable bonds is 3. The van der Waals surface area contributed by atoms with Gasteiger partial charge in [-0.25, -0.2) is 4.79 Å². The molecule has 1 saturated heterocycles. The normalized spacial score (nSPS) is 20.6. The van der Waals surface area contributed by atoms with Crippen molar-refractivity contribution in [3.8, 4) is 0 Å². The van der Waals surface area contributed by atoms with Crippen LogP contribution in [0.3, 0.4) is 0 Å². The van der Waals surface area contributed by atoms with Gasteiger partial charge in [-0.2, -0.15) is 0 Å². The van der Waals surface area contributed by atoms with Crippen molar-refractivity contribution in [2.45, 2.75) is 32.4 Å². The summed E-state index contributed by atoms with van der Waals surface area (Å²) in [4.78, 5) is 32.9. The minimum Gasteiger partial charge on any atom is -0.354 e. The van der Waals surface area contributed by atoms with Crippen molar-refractivity contribution in [1.29, 1.82) is 0 Å². The molecule has 1 aliphatic heterocycles. The van der Waals surface area contributed by atoms with Crippen molar-refractivity contribution in [3.05, 3.63) is 0 Å². The van der Waals surface area contributed by atoms with Crippen LogP contribution in [0.5, 0.6) is 0 Å². The second-order valence-electron chi connectivity index (χ2n) is 3.44. The second kappa shape index (κ2) is 4.08. The Morgan fingerprint density at radius 1 is 1.50 bits per heavy atom. The van der Waals surface area contributed by atoms with Gasteiger partial charge in [0.1, 0.15) is 6.04 Å². The lowest BCUT2D eigenvalue weighted by atomic mass is 10.2. The highest BCUT2D eigenvalue weighted by molar-refractivity contribution is 6.05. The lowest BCUT2D eigenvalue weighted by Crippen LogP contribution is -2.38. The van der Waals surface area contributed by atoms with Crippen molar-refractivity contribution in [1.82, 2.24) is 16.0 Å². The van der Waals surface area contributed by atoms with Crippen LogP contribution in [0.4, 0.5) is 4.79 Å². The quantitative estimate of drug-likeness (QED) is 0.515. The summed E-state index contributed by atoms with van der Waals surface area (Å²) in [7, 11) is 0. The molecule has 1 rings (SSSR count). The molecule has 1 unspecified atom stereocenters. The summed E-state index contributed by atoms with van der Waals surface area (Å²) >= 11 is 0. The van der Waals surface area contributed by atoms with Crippen molar-refractivity contribution >= 4 is 17.8 Å². The monoisotopic (exact) mass is 199 g/mol. The molecule has 3 N–H and O–H groups in total. The van der Waals surface area contributed by atoms with E-state index < -0.39 is 18.0 Å². The van der Waals surface area contributed by atoms with Gasteiger partial charge in [0.15, 0.2) is 0 Å². The number of imide groups is 1. The Kier molecular flexibility index (Phi) is 3.06. The molecule has 0 aromatic rings. The summed E-state index contributed by atoms with van der Waals surface area (Å²) in [6, 6.07) is -1.25. The zero-order valence-electron chi connectivity index (χ0n) is 8.09. The van der Waals surface area contributed by atoms with Gasteiger partial charge in [0.25, 0.3) is 5.91 Å². The number of amides is 4. The summed E-state index contributed by atoms with van der Waals surface area (Å²) in [5, 5.41) is 7.04. The number of urea groups is 1. The van der Waals surface area contributed by atoms with Gasteiger partial charge in [0.05, 0.1) is 6.42 Å². The molecule has 0 radical (unpaired) electrons. The van der Waals surface area contributed by atoms with Crippen LogP contribution in [0.15, 0.2) is 0 Å². The smallest absolute Gasteiger partial charge is 0.322 e. The number of nitrogens with one attached hydrogen (secondary N) is 3. The minimum absolute atomic E-state index is 0.0181. The molecule has 0 saturated carbocycles. The van der Waals surface area contributed by atoms with Crippen LogP contribution < -0.4 is 16.0 Å². The Hall–Kier alpha value is -1.59. The third-order valence-electron chi connectivity index (χ3n) is 1.70. The number of hydrogen-bond donors (Lipinski definition) is 3. The van der Waals surface area contributed by atoms with Crippen molar-refractivity contribution < 1.29 is 14.4 Å². The molecule has 1 aliphatic rings. The average molecular weight is 199 g/mol. The molecule has 4 amide bonds. The number of carbonyl (C=O) groups is 3. The molecule has 0 aliphatic carbocycles. The molecule has 14 heavy (non-hydrogen) atoms. The van der Waals surface area contributed by atoms with E-state index in [-0.39, 0.29) is 18.4 Å². The molecule has 1 atom stereocenters. The molecule has 0 bridgehead atoms. The minimum atomic E-state index is -0.735. The van der Waals surface area contributed by atoms with Gasteiger partial charge in [0.2, 0.25) is 5.91 Å². The molecule has 6 heteroatoms. The van der Waals surface area contributed by atoms with Gasteiger partial charge in [-0.05, 0) is 13.8 Å². The summed E-state index contributed by atoms with van der Waals surface area (Å²) in [6.45, 7) is 3.65. The Morgan fingerprint density at radius 2 is 2.14 bits per heavy atom. The zero-order chi connectivity index (χ0) is 10.7. The molecule has 0 aromatic carbocycles. The Bertz CT molecular complexity index is 275.